The monoisotopic (exact) mass is 261 g/mol. The van der Waals surface area contributed by atoms with E-state index in [-0.39, 0.29) is 5.60 Å². The minimum atomic E-state index is -0.118. The second-order valence-corrected chi connectivity index (χ2v) is 5.80. The minimum Gasteiger partial charge on any atom is -0.484 e. The number of ether oxygens (including phenoxy) is 2. The fourth-order valence-electron chi connectivity index (χ4n) is 3.29. The zero-order valence-electron chi connectivity index (χ0n) is 11.9. The molecule has 2 heterocycles. The molecule has 2 aliphatic rings. The van der Waals surface area contributed by atoms with Gasteiger partial charge in [-0.25, -0.2) is 0 Å². The van der Waals surface area contributed by atoms with Gasteiger partial charge in [-0.05, 0) is 32.4 Å². The Labute approximate surface area is 115 Å². The molecule has 0 aromatic heterocycles. The number of rotatable bonds is 2. The summed E-state index contributed by atoms with van der Waals surface area (Å²) in [6, 6.07) is 6.88. The normalized spacial score (nSPS) is 29.9. The summed E-state index contributed by atoms with van der Waals surface area (Å²) < 4.78 is 12.0. The molecule has 0 aliphatic carbocycles. The Hall–Kier alpha value is -1.06. The molecule has 2 aliphatic heterocycles. The lowest BCUT2D eigenvalue weighted by molar-refractivity contribution is -0.0854. The molecular weight excluding hydrogens is 238 g/mol. The topological polar surface area (TPSA) is 30.5 Å². The maximum atomic E-state index is 6.33. The fraction of sp³-hybridized carbons (Fsp3) is 0.625. The third-order valence-corrected chi connectivity index (χ3v) is 4.18. The molecule has 1 aromatic carbocycles. The van der Waals surface area contributed by atoms with Gasteiger partial charge in [0.2, 0.25) is 0 Å². The number of hydrogen-bond acceptors (Lipinski definition) is 3. The van der Waals surface area contributed by atoms with Crippen LogP contribution in [0.2, 0.25) is 0 Å². The third kappa shape index (κ3) is 2.49. The van der Waals surface area contributed by atoms with E-state index in [4.69, 9.17) is 9.47 Å². The van der Waals surface area contributed by atoms with Gasteiger partial charge in [0, 0.05) is 24.6 Å². The van der Waals surface area contributed by atoms with E-state index in [9.17, 15) is 0 Å². The lowest BCUT2D eigenvalue weighted by Gasteiger charge is -2.44. The summed E-state index contributed by atoms with van der Waals surface area (Å²) in [4.78, 5) is 0. The van der Waals surface area contributed by atoms with E-state index in [0.717, 1.165) is 44.8 Å². The van der Waals surface area contributed by atoms with Crippen LogP contribution in [-0.4, -0.2) is 25.4 Å². The van der Waals surface area contributed by atoms with E-state index in [0.29, 0.717) is 6.04 Å². The highest BCUT2D eigenvalue weighted by Crippen LogP contribution is 2.43. The Morgan fingerprint density at radius 1 is 1.42 bits per heavy atom. The van der Waals surface area contributed by atoms with Crippen LogP contribution in [0.4, 0.5) is 0 Å². The molecule has 104 valence electrons. The van der Waals surface area contributed by atoms with Crippen LogP contribution in [-0.2, 0) is 4.74 Å². The van der Waals surface area contributed by atoms with Gasteiger partial charge in [-0.1, -0.05) is 24.6 Å². The lowest BCUT2D eigenvalue weighted by atomic mass is 9.83. The summed E-state index contributed by atoms with van der Waals surface area (Å²) in [6.07, 6.45) is 3.21. The van der Waals surface area contributed by atoms with Crippen LogP contribution in [0.1, 0.15) is 43.4 Å². The van der Waals surface area contributed by atoms with Crippen LogP contribution < -0.4 is 10.1 Å². The molecule has 0 bridgehead atoms. The van der Waals surface area contributed by atoms with E-state index in [1.165, 1.54) is 11.1 Å². The van der Waals surface area contributed by atoms with Gasteiger partial charge < -0.3 is 14.8 Å². The molecule has 2 atom stereocenters. The van der Waals surface area contributed by atoms with Crippen molar-refractivity contribution < 1.29 is 9.47 Å². The number of fused-ring (bicyclic) bond motifs is 1. The van der Waals surface area contributed by atoms with E-state index in [1.807, 2.05) is 0 Å². The van der Waals surface area contributed by atoms with Crippen molar-refractivity contribution in [2.24, 2.45) is 0 Å². The molecule has 0 radical (unpaired) electrons. The Bertz CT molecular complexity index is 452. The van der Waals surface area contributed by atoms with Gasteiger partial charge in [-0.15, -0.1) is 0 Å². The van der Waals surface area contributed by atoms with Crippen molar-refractivity contribution in [1.29, 1.82) is 0 Å². The zero-order valence-corrected chi connectivity index (χ0v) is 11.9. The Morgan fingerprint density at radius 2 is 2.32 bits per heavy atom. The van der Waals surface area contributed by atoms with E-state index < -0.39 is 0 Å². The summed E-state index contributed by atoms with van der Waals surface area (Å²) in [5, 5.41) is 3.60. The third-order valence-electron chi connectivity index (χ3n) is 4.18. The molecule has 1 aromatic rings. The molecule has 1 saturated heterocycles. The molecule has 19 heavy (non-hydrogen) atoms. The number of aryl methyl sites for hydroxylation is 1. The maximum absolute atomic E-state index is 6.33. The van der Waals surface area contributed by atoms with Crippen molar-refractivity contribution >= 4 is 0 Å². The molecule has 0 saturated carbocycles. The highest BCUT2D eigenvalue weighted by molar-refractivity contribution is 5.41. The van der Waals surface area contributed by atoms with Crippen LogP contribution in [0.25, 0.3) is 0 Å². The van der Waals surface area contributed by atoms with Gasteiger partial charge in [0.1, 0.15) is 11.4 Å². The molecule has 3 rings (SSSR count). The van der Waals surface area contributed by atoms with Crippen LogP contribution >= 0.6 is 0 Å². The first kappa shape index (κ1) is 12.9. The van der Waals surface area contributed by atoms with Crippen LogP contribution in [0.5, 0.6) is 5.75 Å². The van der Waals surface area contributed by atoms with Crippen molar-refractivity contribution in [1.82, 2.24) is 5.32 Å². The SMILES string of the molecule is CCNC1CC2(CCCOC2)Oc2ccc(C)cc21. The predicted molar refractivity (Wildman–Crippen MR) is 75.6 cm³/mol. The van der Waals surface area contributed by atoms with Crippen molar-refractivity contribution in [2.75, 3.05) is 19.8 Å². The van der Waals surface area contributed by atoms with Gasteiger partial charge in [0.25, 0.3) is 0 Å². The van der Waals surface area contributed by atoms with Gasteiger partial charge in [-0.2, -0.15) is 0 Å². The Balaban J connectivity index is 1.94. The van der Waals surface area contributed by atoms with Crippen molar-refractivity contribution in [3.8, 4) is 5.75 Å². The predicted octanol–water partition coefficient (Wildman–Crippen LogP) is 2.98. The van der Waals surface area contributed by atoms with Crippen molar-refractivity contribution in [3.05, 3.63) is 29.3 Å². The summed E-state index contributed by atoms with van der Waals surface area (Å²) in [5.74, 6) is 1.04. The van der Waals surface area contributed by atoms with Crippen molar-refractivity contribution in [3.63, 3.8) is 0 Å². The first-order valence-electron chi connectivity index (χ1n) is 7.33. The van der Waals surface area contributed by atoms with Crippen LogP contribution in [0.15, 0.2) is 18.2 Å². The number of nitrogens with one attached hydrogen (secondary N) is 1. The summed E-state index contributed by atoms with van der Waals surface area (Å²) in [7, 11) is 0. The smallest absolute Gasteiger partial charge is 0.134 e. The largest absolute Gasteiger partial charge is 0.484 e. The van der Waals surface area contributed by atoms with Gasteiger partial charge in [0.15, 0.2) is 0 Å². The molecule has 1 fully saturated rings. The molecule has 1 spiro atoms. The number of hydrogen-bond donors (Lipinski definition) is 1. The van der Waals surface area contributed by atoms with E-state index in [2.05, 4.69) is 37.4 Å². The minimum absolute atomic E-state index is 0.118. The number of benzene rings is 1. The molecular formula is C16H23NO2. The Morgan fingerprint density at radius 3 is 3.05 bits per heavy atom. The summed E-state index contributed by atoms with van der Waals surface area (Å²) in [5.41, 5.74) is 2.48. The van der Waals surface area contributed by atoms with Gasteiger partial charge >= 0.3 is 0 Å². The Kier molecular flexibility index (Phi) is 3.50. The molecule has 3 nitrogen and oxygen atoms in total. The molecule has 3 heteroatoms. The maximum Gasteiger partial charge on any atom is 0.134 e. The summed E-state index contributed by atoms with van der Waals surface area (Å²) >= 11 is 0. The second-order valence-electron chi connectivity index (χ2n) is 5.80. The highest BCUT2D eigenvalue weighted by atomic mass is 16.5. The van der Waals surface area contributed by atoms with Crippen molar-refractivity contribution in [2.45, 2.75) is 44.8 Å². The molecule has 2 unspecified atom stereocenters. The second kappa shape index (κ2) is 5.14. The van der Waals surface area contributed by atoms with Crippen LogP contribution in [0.3, 0.4) is 0 Å². The standard InChI is InChI=1S/C16H23NO2/c1-3-17-14-10-16(7-4-8-18-11-16)19-15-6-5-12(2)9-13(14)15/h5-6,9,14,17H,3-4,7-8,10-11H2,1-2H3. The molecule has 1 N–H and O–H groups in total. The zero-order chi connectivity index (χ0) is 13.3. The quantitative estimate of drug-likeness (QED) is 0.888. The average molecular weight is 261 g/mol. The lowest BCUT2D eigenvalue weighted by Crippen LogP contribution is -2.49. The highest BCUT2D eigenvalue weighted by Gasteiger charge is 2.42. The first-order chi connectivity index (χ1) is 9.22. The molecule has 0 amide bonds. The van der Waals surface area contributed by atoms with E-state index >= 15 is 0 Å². The summed E-state index contributed by atoms with van der Waals surface area (Å²) in [6.45, 7) is 6.88. The van der Waals surface area contributed by atoms with Gasteiger partial charge in [0.05, 0.1) is 6.61 Å². The van der Waals surface area contributed by atoms with Crippen LogP contribution in [0, 0.1) is 6.92 Å². The average Bonchev–Trinajstić information content (AvgIpc) is 2.41. The van der Waals surface area contributed by atoms with E-state index in [1.54, 1.807) is 0 Å². The van der Waals surface area contributed by atoms with Gasteiger partial charge in [-0.3, -0.25) is 0 Å². The first-order valence-corrected chi connectivity index (χ1v) is 7.33. The fourth-order valence-corrected chi connectivity index (χ4v) is 3.29.